The normalized spacial score (nSPS) is 11.2. The zero-order chi connectivity index (χ0) is 14.8. The molecule has 4 nitrogen and oxygen atoms in total. The van der Waals surface area contributed by atoms with Crippen molar-refractivity contribution in [1.29, 1.82) is 0 Å². The third-order valence-corrected chi connectivity index (χ3v) is 2.49. The summed E-state index contributed by atoms with van der Waals surface area (Å²) in [6.07, 6.45) is -3.30. The molecule has 0 saturated carbocycles. The summed E-state index contributed by atoms with van der Waals surface area (Å²) < 4.78 is 45.6. The predicted octanol–water partition coefficient (Wildman–Crippen LogP) is 3.24. The maximum Gasteiger partial charge on any atom is 0.573 e. The minimum atomic E-state index is -4.73. The van der Waals surface area contributed by atoms with E-state index in [1.54, 1.807) is 6.07 Å². The molecule has 0 radical (unpaired) electrons. The fraction of sp³-hybridized carbons (Fsp3) is 0.154. The third-order valence-electron chi connectivity index (χ3n) is 2.49. The van der Waals surface area contributed by atoms with E-state index in [2.05, 4.69) is 9.72 Å². The highest BCUT2D eigenvalue weighted by atomic mass is 19.4. The van der Waals surface area contributed by atoms with E-state index in [4.69, 9.17) is 10.5 Å². The van der Waals surface area contributed by atoms with Crippen molar-refractivity contribution in [1.82, 2.24) is 4.98 Å². The van der Waals surface area contributed by atoms with Crippen LogP contribution >= 0.6 is 0 Å². The largest absolute Gasteiger partial charge is 0.573 e. The smallest absolute Gasteiger partial charge is 0.496 e. The molecule has 0 bridgehead atoms. The first kappa shape index (κ1) is 14.0. The Morgan fingerprint density at radius 2 is 1.95 bits per heavy atom. The average molecular weight is 284 g/mol. The topological polar surface area (TPSA) is 57.4 Å². The van der Waals surface area contributed by atoms with Crippen molar-refractivity contribution < 1.29 is 22.6 Å². The molecule has 0 aliphatic rings. The van der Waals surface area contributed by atoms with Gasteiger partial charge in [-0.15, -0.1) is 13.2 Å². The minimum Gasteiger partial charge on any atom is -0.496 e. The molecular weight excluding hydrogens is 273 g/mol. The summed E-state index contributed by atoms with van der Waals surface area (Å²) in [6, 6.07) is 7.04. The van der Waals surface area contributed by atoms with Gasteiger partial charge in [0, 0.05) is 17.8 Å². The molecule has 0 spiro atoms. The summed E-state index contributed by atoms with van der Waals surface area (Å²) in [6.45, 7) is 0. The van der Waals surface area contributed by atoms with E-state index in [0.29, 0.717) is 16.9 Å². The molecule has 106 valence electrons. The van der Waals surface area contributed by atoms with Crippen LogP contribution in [0.4, 0.5) is 19.0 Å². The number of rotatable bonds is 3. The van der Waals surface area contributed by atoms with Gasteiger partial charge in [0.05, 0.1) is 7.11 Å². The predicted molar refractivity (Wildman–Crippen MR) is 67.3 cm³/mol. The molecule has 2 rings (SSSR count). The van der Waals surface area contributed by atoms with Crippen molar-refractivity contribution in [3.63, 3.8) is 0 Å². The number of aromatic nitrogens is 1. The molecule has 2 N–H and O–H groups in total. The number of hydrogen-bond donors (Lipinski definition) is 1. The van der Waals surface area contributed by atoms with Crippen molar-refractivity contribution in [2.24, 2.45) is 0 Å². The number of anilines is 1. The van der Waals surface area contributed by atoms with Crippen LogP contribution in [0.1, 0.15) is 0 Å². The van der Waals surface area contributed by atoms with Crippen molar-refractivity contribution >= 4 is 5.82 Å². The number of nitrogens with two attached hydrogens (primary N) is 1. The summed E-state index contributed by atoms with van der Waals surface area (Å²) in [5.41, 5.74) is 6.53. The molecule has 1 aromatic heterocycles. The molecule has 0 unspecified atom stereocenters. The zero-order valence-electron chi connectivity index (χ0n) is 10.4. The second kappa shape index (κ2) is 5.28. The Kier molecular flexibility index (Phi) is 3.69. The van der Waals surface area contributed by atoms with Gasteiger partial charge >= 0.3 is 6.36 Å². The molecular formula is C13H11F3N2O2. The van der Waals surface area contributed by atoms with Gasteiger partial charge in [-0.25, -0.2) is 4.98 Å². The maximum atomic E-state index is 12.2. The molecule has 1 aromatic carbocycles. The Balaban J connectivity index is 2.41. The second-order valence-electron chi connectivity index (χ2n) is 3.89. The van der Waals surface area contributed by atoms with E-state index in [1.807, 2.05) is 0 Å². The van der Waals surface area contributed by atoms with Gasteiger partial charge in [-0.2, -0.15) is 0 Å². The molecule has 0 amide bonds. The number of ether oxygens (including phenoxy) is 2. The van der Waals surface area contributed by atoms with Gasteiger partial charge in [-0.05, 0) is 17.7 Å². The fourth-order valence-corrected chi connectivity index (χ4v) is 1.70. The number of benzene rings is 1. The number of hydrogen-bond acceptors (Lipinski definition) is 4. The number of halogens is 3. The Bertz CT molecular complexity index is 615. The Morgan fingerprint density at radius 1 is 1.20 bits per heavy atom. The molecule has 0 aliphatic carbocycles. The van der Waals surface area contributed by atoms with Crippen molar-refractivity contribution in [2.45, 2.75) is 6.36 Å². The third kappa shape index (κ3) is 3.31. The van der Waals surface area contributed by atoms with Crippen LogP contribution in [0.15, 0.2) is 36.5 Å². The van der Waals surface area contributed by atoms with Gasteiger partial charge in [0.1, 0.15) is 17.3 Å². The average Bonchev–Trinajstić information content (AvgIpc) is 2.36. The maximum absolute atomic E-state index is 12.2. The van der Waals surface area contributed by atoms with E-state index in [-0.39, 0.29) is 11.6 Å². The molecule has 0 aliphatic heterocycles. The van der Waals surface area contributed by atoms with Crippen LogP contribution < -0.4 is 15.2 Å². The van der Waals surface area contributed by atoms with Crippen LogP contribution in [0.5, 0.6) is 11.5 Å². The van der Waals surface area contributed by atoms with E-state index in [1.165, 1.54) is 37.6 Å². The van der Waals surface area contributed by atoms with Crippen LogP contribution in [0, 0.1) is 0 Å². The molecule has 7 heteroatoms. The van der Waals surface area contributed by atoms with Crippen LogP contribution in [0.3, 0.4) is 0 Å². The van der Waals surface area contributed by atoms with Gasteiger partial charge in [0.2, 0.25) is 0 Å². The molecule has 2 aromatic rings. The van der Waals surface area contributed by atoms with Gasteiger partial charge < -0.3 is 15.2 Å². The monoisotopic (exact) mass is 284 g/mol. The van der Waals surface area contributed by atoms with Gasteiger partial charge in [-0.3, -0.25) is 0 Å². The zero-order valence-corrected chi connectivity index (χ0v) is 10.4. The van der Waals surface area contributed by atoms with Gasteiger partial charge in [0.15, 0.2) is 0 Å². The second-order valence-corrected chi connectivity index (χ2v) is 3.89. The highest BCUT2D eigenvalue weighted by Gasteiger charge is 2.31. The SMILES string of the molecule is COc1cc(N)ncc1-c1cccc(OC(F)(F)F)c1. The number of methoxy groups -OCH3 is 1. The number of nitrogen functional groups attached to an aromatic ring is 1. The lowest BCUT2D eigenvalue weighted by Crippen LogP contribution is -2.17. The summed E-state index contributed by atoms with van der Waals surface area (Å²) in [5, 5.41) is 0. The van der Waals surface area contributed by atoms with Crippen LogP contribution in [-0.4, -0.2) is 18.5 Å². The summed E-state index contributed by atoms with van der Waals surface area (Å²) >= 11 is 0. The number of alkyl halides is 3. The fourth-order valence-electron chi connectivity index (χ4n) is 1.70. The summed E-state index contributed by atoms with van der Waals surface area (Å²) in [7, 11) is 1.44. The van der Waals surface area contributed by atoms with E-state index in [0.717, 1.165) is 0 Å². The Hall–Kier alpha value is -2.44. The lowest BCUT2D eigenvalue weighted by atomic mass is 10.1. The first-order chi connectivity index (χ1) is 9.39. The Morgan fingerprint density at radius 3 is 2.60 bits per heavy atom. The van der Waals surface area contributed by atoms with E-state index in [9.17, 15) is 13.2 Å². The van der Waals surface area contributed by atoms with Crippen LogP contribution in [0.25, 0.3) is 11.1 Å². The number of pyridine rings is 1. The van der Waals surface area contributed by atoms with E-state index < -0.39 is 6.36 Å². The molecule has 20 heavy (non-hydrogen) atoms. The number of nitrogens with zero attached hydrogens (tertiary/aromatic N) is 1. The molecule has 0 atom stereocenters. The highest BCUT2D eigenvalue weighted by molar-refractivity contribution is 5.72. The molecule has 0 fully saturated rings. The first-order valence-corrected chi connectivity index (χ1v) is 5.55. The Labute approximate surface area is 113 Å². The standard InChI is InChI=1S/C13H11F3N2O2/c1-19-11-6-12(17)18-7-10(11)8-3-2-4-9(5-8)20-13(14,15)16/h2-7H,1H3,(H2,17,18). The van der Waals surface area contributed by atoms with Gasteiger partial charge in [0.25, 0.3) is 0 Å². The van der Waals surface area contributed by atoms with Crippen molar-refractivity contribution in [2.75, 3.05) is 12.8 Å². The minimum absolute atomic E-state index is 0.258. The van der Waals surface area contributed by atoms with Crippen molar-refractivity contribution in [3.8, 4) is 22.6 Å². The van der Waals surface area contributed by atoms with Crippen LogP contribution in [0.2, 0.25) is 0 Å². The first-order valence-electron chi connectivity index (χ1n) is 5.55. The molecule has 1 heterocycles. The van der Waals surface area contributed by atoms with Crippen LogP contribution in [-0.2, 0) is 0 Å². The quantitative estimate of drug-likeness (QED) is 0.940. The summed E-state index contributed by atoms with van der Waals surface area (Å²) in [5.74, 6) is 0.365. The van der Waals surface area contributed by atoms with Gasteiger partial charge in [-0.1, -0.05) is 12.1 Å². The highest BCUT2D eigenvalue weighted by Crippen LogP contribution is 2.33. The molecule has 0 saturated heterocycles. The lowest BCUT2D eigenvalue weighted by molar-refractivity contribution is -0.274. The summed E-state index contributed by atoms with van der Waals surface area (Å²) in [4.78, 5) is 3.90. The lowest BCUT2D eigenvalue weighted by Gasteiger charge is -2.12. The van der Waals surface area contributed by atoms with E-state index >= 15 is 0 Å². The van der Waals surface area contributed by atoms with Crippen molar-refractivity contribution in [3.05, 3.63) is 36.5 Å².